The van der Waals surface area contributed by atoms with Crippen molar-refractivity contribution in [2.45, 2.75) is 19.9 Å². The van der Waals surface area contributed by atoms with E-state index in [1.165, 1.54) is 6.92 Å². The molecule has 0 aliphatic rings. The van der Waals surface area contributed by atoms with Crippen LogP contribution in [0.2, 0.25) is 0 Å². The molecular weight excluding hydrogens is 324 g/mol. The highest BCUT2D eigenvalue weighted by Gasteiger charge is 2.23. The van der Waals surface area contributed by atoms with Crippen LogP contribution in [0.4, 0.5) is 8.78 Å². The van der Waals surface area contributed by atoms with Crippen LogP contribution >= 0.6 is 15.9 Å². The largest absolute Gasteiger partial charge is 0.464 e. The molecule has 0 heterocycles. The molecule has 0 aliphatic carbocycles. The van der Waals surface area contributed by atoms with E-state index in [1.54, 1.807) is 6.92 Å². The van der Waals surface area contributed by atoms with Gasteiger partial charge in [-0.3, -0.25) is 4.79 Å². The van der Waals surface area contributed by atoms with Crippen molar-refractivity contribution in [2.24, 2.45) is 0 Å². The van der Waals surface area contributed by atoms with E-state index in [2.05, 4.69) is 26.0 Å². The summed E-state index contributed by atoms with van der Waals surface area (Å²) in [5.41, 5.74) is -0.737. The average molecular weight is 336 g/mol. The number of benzene rings is 1. The van der Waals surface area contributed by atoms with E-state index in [4.69, 9.17) is 0 Å². The molecule has 1 atom stereocenters. The zero-order valence-corrected chi connectivity index (χ0v) is 11.9. The van der Waals surface area contributed by atoms with Crippen molar-refractivity contribution in [1.82, 2.24) is 5.32 Å². The van der Waals surface area contributed by atoms with Gasteiger partial charge in [0.25, 0.3) is 5.91 Å². The lowest BCUT2D eigenvalue weighted by Gasteiger charge is -2.13. The summed E-state index contributed by atoms with van der Waals surface area (Å²) in [5, 5.41) is 2.17. The van der Waals surface area contributed by atoms with Gasteiger partial charge < -0.3 is 10.1 Å². The van der Waals surface area contributed by atoms with Crippen molar-refractivity contribution in [3.63, 3.8) is 0 Å². The highest BCUT2D eigenvalue weighted by Crippen LogP contribution is 2.19. The first kappa shape index (κ1) is 15.6. The Kier molecular flexibility index (Phi) is 5.41. The van der Waals surface area contributed by atoms with Crippen molar-refractivity contribution in [3.8, 4) is 0 Å². The van der Waals surface area contributed by atoms with Crippen LogP contribution in [-0.4, -0.2) is 24.5 Å². The second-order valence-electron chi connectivity index (χ2n) is 3.69. The lowest BCUT2D eigenvalue weighted by molar-refractivity contribution is -0.144. The summed E-state index contributed by atoms with van der Waals surface area (Å²) < 4.78 is 31.9. The van der Waals surface area contributed by atoms with Crippen molar-refractivity contribution >= 4 is 27.8 Å². The van der Waals surface area contributed by atoms with Gasteiger partial charge in [0.05, 0.1) is 6.61 Å². The van der Waals surface area contributed by atoms with E-state index in [0.717, 1.165) is 12.1 Å². The van der Waals surface area contributed by atoms with Gasteiger partial charge in [-0.25, -0.2) is 13.6 Å². The third kappa shape index (κ3) is 3.99. The van der Waals surface area contributed by atoms with Gasteiger partial charge >= 0.3 is 5.97 Å². The molecule has 0 aliphatic heterocycles. The molecule has 1 aromatic rings. The van der Waals surface area contributed by atoms with Crippen molar-refractivity contribution < 1.29 is 23.1 Å². The van der Waals surface area contributed by atoms with E-state index < -0.39 is 35.1 Å². The van der Waals surface area contributed by atoms with Crippen LogP contribution in [0, 0.1) is 11.6 Å². The van der Waals surface area contributed by atoms with Crippen LogP contribution in [-0.2, 0) is 9.53 Å². The third-order valence-corrected chi connectivity index (χ3v) is 2.68. The maximum Gasteiger partial charge on any atom is 0.328 e. The molecule has 0 aromatic heterocycles. The summed E-state index contributed by atoms with van der Waals surface area (Å²) in [6.45, 7) is 3.13. The Morgan fingerprint density at radius 1 is 1.37 bits per heavy atom. The fraction of sp³-hybridized carbons (Fsp3) is 0.333. The summed E-state index contributed by atoms with van der Waals surface area (Å²) in [6, 6.07) is 0.940. The van der Waals surface area contributed by atoms with Gasteiger partial charge in [-0.1, -0.05) is 15.9 Å². The Hall–Kier alpha value is -1.50. The van der Waals surface area contributed by atoms with Crippen LogP contribution in [0.1, 0.15) is 24.2 Å². The zero-order chi connectivity index (χ0) is 14.6. The number of ether oxygens (including phenoxy) is 1. The molecule has 4 nitrogen and oxygen atoms in total. The number of carbonyl (C=O) groups excluding carboxylic acids is 2. The lowest BCUT2D eigenvalue weighted by Crippen LogP contribution is -2.40. The molecule has 0 radical (unpaired) electrons. The summed E-state index contributed by atoms with van der Waals surface area (Å²) in [5.74, 6) is -3.71. The first-order valence-corrected chi connectivity index (χ1v) is 6.28. The third-order valence-electron chi connectivity index (χ3n) is 2.22. The number of hydrogen-bond acceptors (Lipinski definition) is 3. The van der Waals surface area contributed by atoms with E-state index in [-0.39, 0.29) is 11.1 Å². The standard InChI is InChI=1S/C12H12BrF2NO3/c1-3-19-12(18)6(2)16-11(17)10-8(14)4-7(13)5-9(10)15/h4-6H,3H2,1-2H3,(H,16,17). The maximum absolute atomic E-state index is 13.5. The zero-order valence-electron chi connectivity index (χ0n) is 10.3. The minimum absolute atomic E-state index is 0.153. The number of rotatable bonds is 4. The Bertz CT molecular complexity index is 485. The van der Waals surface area contributed by atoms with Gasteiger partial charge in [-0.05, 0) is 26.0 Å². The fourth-order valence-corrected chi connectivity index (χ4v) is 1.76. The first-order valence-electron chi connectivity index (χ1n) is 5.48. The van der Waals surface area contributed by atoms with Crippen LogP contribution in [0.25, 0.3) is 0 Å². The smallest absolute Gasteiger partial charge is 0.328 e. The molecule has 1 N–H and O–H groups in total. The van der Waals surface area contributed by atoms with Crippen molar-refractivity contribution in [3.05, 3.63) is 33.8 Å². The monoisotopic (exact) mass is 335 g/mol. The van der Waals surface area contributed by atoms with Crippen LogP contribution in [0.5, 0.6) is 0 Å². The Labute approximate surface area is 117 Å². The number of amides is 1. The van der Waals surface area contributed by atoms with Gasteiger partial charge in [0.1, 0.15) is 23.2 Å². The van der Waals surface area contributed by atoms with Gasteiger partial charge in [0, 0.05) is 4.47 Å². The van der Waals surface area contributed by atoms with Crippen LogP contribution in [0.15, 0.2) is 16.6 Å². The number of carbonyl (C=O) groups is 2. The SMILES string of the molecule is CCOC(=O)C(C)NC(=O)c1c(F)cc(Br)cc1F. The van der Waals surface area contributed by atoms with Gasteiger partial charge in [0.2, 0.25) is 0 Å². The predicted octanol–water partition coefficient (Wildman–Crippen LogP) is 2.41. The lowest BCUT2D eigenvalue weighted by atomic mass is 10.1. The maximum atomic E-state index is 13.5. The van der Waals surface area contributed by atoms with E-state index in [0.29, 0.717) is 0 Å². The molecule has 1 unspecified atom stereocenters. The topological polar surface area (TPSA) is 55.4 Å². The first-order chi connectivity index (χ1) is 8.86. The van der Waals surface area contributed by atoms with Crippen LogP contribution in [0.3, 0.4) is 0 Å². The van der Waals surface area contributed by atoms with Crippen molar-refractivity contribution in [2.75, 3.05) is 6.61 Å². The molecule has 0 spiro atoms. The minimum Gasteiger partial charge on any atom is -0.464 e. The molecule has 19 heavy (non-hydrogen) atoms. The molecule has 7 heteroatoms. The molecule has 0 saturated heterocycles. The Morgan fingerprint density at radius 3 is 2.37 bits per heavy atom. The molecule has 0 saturated carbocycles. The second-order valence-corrected chi connectivity index (χ2v) is 4.61. The number of esters is 1. The van der Waals surface area contributed by atoms with E-state index in [1.807, 2.05) is 0 Å². The fourth-order valence-electron chi connectivity index (χ4n) is 1.35. The summed E-state index contributed by atoms with van der Waals surface area (Å²) in [4.78, 5) is 23.0. The number of hydrogen-bond donors (Lipinski definition) is 1. The van der Waals surface area contributed by atoms with Crippen LogP contribution < -0.4 is 5.32 Å². The Balaban J connectivity index is 2.87. The second kappa shape index (κ2) is 6.60. The van der Waals surface area contributed by atoms with E-state index in [9.17, 15) is 18.4 Å². The molecule has 0 bridgehead atoms. The van der Waals surface area contributed by atoms with Gasteiger partial charge in [-0.2, -0.15) is 0 Å². The average Bonchev–Trinajstić information content (AvgIpc) is 2.27. The Morgan fingerprint density at radius 2 is 1.89 bits per heavy atom. The number of halogens is 3. The number of nitrogens with one attached hydrogen (secondary N) is 1. The molecule has 0 fully saturated rings. The van der Waals surface area contributed by atoms with Gasteiger partial charge in [0.15, 0.2) is 0 Å². The molecule has 1 amide bonds. The minimum atomic E-state index is -1.01. The molecular formula is C12H12BrF2NO3. The molecule has 1 aromatic carbocycles. The normalized spacial score (nSPS) is 11.8. The summed E-state index contributed by atoms with van der Waals surface area (Å²) in [7, 11) is 0. The van der Waals surface area contributed by atoms with Gasteiger partial charge in [-0.15, -0.1) is 0 Å². The quantitative estimate of drug-likeness (QED) is 0.859. The predicted molar refractivity (Wildman–Crippen MR) is 67.6 cm³/mol. The van der Waals surface area contributed by atoms with E-state index >= 15 is 0 Å². The summed E-state index contributed by atoms with van der Waals surface area (Å²) >= 11 is 2.91. The van der Waals surface area contributed by atoms with Crippen molar-refractivity contribution in [1.29, 1.82) is 0 Å². The highest BCUT2D eigenvalue weighted by atomic mass is 79.9. The molecule has 104 valence electrons. The highest BCUT2D eigenvalue weighted by molar-refractivity contribution is 9.10. The summed E-state index contributed by atoms with van der Waals surface area (Å²) in [6.07, 6.45) is 0. The molecule has 1 rings (SSSR count).